The van der Waals surface area contributed by atoms with Crippen LogP contribution in [0.15, 0.2) is 30.6 Å². The second kappa shape index (κ2) is 5.93. The fourth-order valence-corrected chi connectivity index (χ4v) is 2.65. The van der Waals surface area contributed by atoms with Crippen molar-refractivity contribution in [1.82, 2.24) is 14.9 Å². The molecule has 1 aromatic carbocycles. The number of hydrogen-bond acceptors (Lipinski definition) is 4. The fourth-order valence-electron chi connectivity index (χ4n) is 2.47. The maximum absolute atomic E-state index is 12.5. The molecule has 1 aromatic heterocycles. The number of halogens is 1. The Balaban J connectivity index is 1.62. The summed E-state index contributed by atoms with van der Waals surface area (Å²) in [6, 6.07) is 7.26. The first-order valence-electron chi connectivity index (χ1n) is 7.04. The van der Waals surface area contributed by atoms with E-state index >= 15 is 0 Å². The van der Waals surface area contributed by atoms with Crippen LogP contribution in [0.5, 0.6) is 5.75 Å². The van der Waals surface area contributed by atoms with Gasteiger partial charge in [-0.3, -0.25) is 4.79 Å². The summed E-state index contributed by atoms with van der Waals surface area (Å²) in [5.41, 5.74) is 2.00. The molecule has 1 fully saturated rings. The molecule has 2 aromatic rings. The molecule has 5 nitrogen and oxygen atoms in total. The molecule has 0 saturated carbocycles. The van der Waals surface area contributed by atoms with E-state index in [9.17, 15) is 4.79 Å². The first kappa shape index (κ1) is 14.8. The highest BCUT2D eigenvalue weighted by Gasteiger charge is 2.34. The molecular weight excluding hydrogens is 302 g/mol. The lowest BCUT2D eigenvalue weighted by molar-refractivity contribution is 0.0176. The van der Waals surface area contributed by atoms with Crippen LogP contribution >= 0.6 is 11.6 Å². The molecule has 1 aliphatic heterocycles. The van der Waals surface area contributed by atoms with E-state index in [4.69, 9.17) is 16.3 Å². The van der Waals surface area contributed by atoms with Gasteiger partial charge in [0.25, 0.3) is 5.91 Å². The standard InChI is InChI=1S/C16H16ClN3O2/c1-10-15(11(2)19-9-18-10)16(21)20-7-14(8-20)22-13-5-3-4-12(17)6-13/h3-6,9,14H,7-8H2,1-2H3. The minimum Gasteiger partial charge on any atom is -0.487 e. The molecule has 0 atom stereocenters. The Morgan fingerprint density at radius 2 is 1.95 bits per heavy atom. The van der Waals surface area contributed by atoms with Gasteiger partial charge in [0, 0.05) is 5.02 Å². The zero-order valence-electron chi connectivity index (χ0n) is 12.4. The van der Waals surface area contributed by atoms with Gasteiger partial charge < -0.3 is 9.64 Å². The van der Waals surface area contributed by atoms with Crippen LogP contribution in [0.2, 0.25) is 5.02 Å². The largest absolute Gasteiger partial charge is 0.487 e. The van der Waals surface area contributed by atoms with E-state index in [1.807, 2.05) is 26.0 Å². The molecule has 0 unspecified atom stereocenters. The predicted molar refractivity (Wildman–Crippen MR) is 83.3 cm³/mol. The number of likely N-dealkylation sites (tertiary alicyclic amines) is 1. The van der Waals surface area contributed by atoms with Crippen LogP contribution in [-0.2, 0) is 0 Å². The van der Waals surface area contributed by atoms with Gasteiger partial charge in [-0.25, -0.2) is 9.97 Å². The number of carbonyl (C=O) groups is 1. The van der Waals surface area contributed by atoms with Gasteiger partial charge in [-0.15, -0.1) is 0 Å². The maximum Gasteiger partial charge on any atom is 0.257 e. The fraction of sp³-hybridized carbons (Fsp3) is 0.312. The second-order valence-corrected chi connectivity index (χ2v) is 5.76. The lowest BCUT2D eigenvalue weighted by atomic mass is 10.1. The number of ether oxygens (including phenoxy) is 1. The van der Waals surface area contributed by atoms with Gasteiger partial charge in [-0.2, -0.15) is 0 Å². The summed E-state index contributed by atoms with van der Waals surface area (Å²) in [4.78, 5) is 22.4. The van der Waals surface area contributed by atoms with Gasteiger partial charge in [0.2, 0.25) is 0 Å². The molecule has 0 spiro atoms. The van der Waals surface area contributed by atoms with E-state index in [2.05, 4.69) is 9.97 Å². The molecular formula is C16H16ClN3O2. The summed E-state index contributed by atoms with van der Waals surface area (Å²) >= 11 is 5.93. The van der Waals surface area contributed by atoms with Crippen LogP contribution in [0.1, 0.15) is 21.7 Å². The average Bonchev–Trinajstić information content (AvgIpc) is 2.42. The van der Waals surface area contributed by atoms with E-state index in [0.717, 1.165) is 5.75 Å². The van der Waals surface area contributed by atoms with Gasteiger partial charge in [-0.05, 0) is 32.0 Å². The molecule has 2 heterocycles. The Morgan fingerprint density at radius 3 is 2.59 bits per heavy atom. The van der Waals surface area contributed by atoms with Crippen molar-refractivity contribution in [3.8, 4) is 5.75 Å². The van der Waals surface area contributed by atoms with Gasteiger partial charge >= 0.3 is 0 Å². The first-order chi connectivity index (χ1) is 10.5. The molecule has 114 valence electrons. The van der Waals surface area contributed by atoms with Crippen LogP contribution in [0.25, 0.3) is 0 Å². The highest BCUT2D eigenvalue weighted by atomic mass is 35.5. The maximum atomic E-state index is 12.5. The Morgan fingerprint density at radius 1 is 1.27 bits per heavy atom. The monoisotopic (exact) mass is 317 g/mol. The number of aromatic nitrogens is 2. The normalized spacial score (nSPS) is 14.6. The Kier molecular flexibility index (Phi) is 3.98. The third kappa shape index (κ3) is 2.90. The topological polar surface area (TPSA) is 55.3 Å². The molecule has 0 radical (unpaired) electrons. The molecule has 0 bridgehead atoms. The third-order valence-electron chi connectivity index (χ3n) is 3.67. The Labute approximate surface area is 133 Å². The molecule has 0 N–H and O–H groups in total. The van der Waals surface area contributed by atoms with E-state index in [-0.39, 0.29) is 12.0 Å². The zero-order chi connectivity index (χ0) is 15.7. The van der Waals surface area contributed by atoms with Crippen molar-refractivity contribution in [1.29, 1.82) is 0 Å². The van der Waals surface area contributed by atoms with Gasteiger partial charge in [0.05, 0.1) is 30.0 Å². The molecule has 1 saturated heterocycles. The number of nitrogens with zero attached hydrogens (tertiary/aromatic N) is 3. The second-order valence-electron chi connectivity index (χ2n) is 5.33. The van der Waals surface area contributed by atoms with E-state index in [1.54, 1.807) is 17.0 Å². The number of benzene rings is 1. The quantitative estimate of drug-likeness (QED) is 0.873. The van der Waals surface area contributed by atoms with Crippen molar-refractivity contribution in [2.45, 2.75) is 20.0 Å². The highest BCUT2D eigenvalue weighted by molar-refractivity contribution is 6.30. The molecule has 3 rings (SSSR count). The summed E-state index contributed by atoms with van der Waals surface area (Å²) in [6.07, 6.45) is 1.47. The molecule has 6 heteroatoms. The molecule has 22 heavy (non-hydrogen) atoms. The van der Waals surface area contributed by atoms with Gasteiger partial charge in [0.15, 0.2) is 0 Å². The van der Waals surface area contributed by atoms with Crippen molar-refractivity contribution >= 4 is 17.5 Å². The van der Waals surface area contributed by atoms with Gasteiger partial charge in [-0.1, -0.05) is 17.7 Å². The SMILES string of the molecule is Cc1ncnc(C)c1C(=O)N1CC(Oc2cccc(Cl)c2)C1. The molecule has 1 amide bonds. The Hall–Kier alpha value is -2.14. The first-order valence-corrected chi connectivity index (χ1v) is 7.42. The minimum atomic E-state index is -0.0402. The number of carbonyl (C=O) groups excluding carboxylic acids is 1. The number of amides is 1. The van der Waals surface area contributed by atoms with E-state index in [1.165, 1.54) is 6.33 Å². The summed E-state index contributed by atoms with van der Waals surface area (Å²) in [5.74, 6) is 0.682. The molecule has 1 aliphatic rings. The lowest BCUT2D eigenvalue weighted by Gasteiger charge is -2.39. The molecule has 0 aliphatic carbocycles. The smallest absolute Gasteiger partial charge is 0.257 e. The number of aryl methyl sites for hydroxylation is 2. The third-order valence-corrected chi connectivity index (χ3v) is 3.91. The van der Waals surface area contributed by atoms with Crippen molar-refractivity contribution in [2.24, 2.45) is 0 Å². The van der Waals surface area contributed by atoms with Crippen molar-refractivity contribution in [2.75, 3.05) is 13.1 Å². The number of rotatable bonds is 3. The van der Waals surface area contributed by atoms with Crippen LogP contribution in [0.4, 0.5) is 0 Å². The summed E-state index contributed by atoms with van der Waals surface area (Å²) in [7, 11) is 0. The number of hydrogen-bond donors (Lipinski definition) is 0. The minimum absolute atomic E-state index is 0.00680. The Bertz CT molecular complexity index is 694. The van der Waals surface area contributed by atoms with Crippen LogP contribution in [0.3, 0.4) is 0 Å². The summed E-state index contributed by atoms with van der Waals surface area (Å²) in [6.45, 7) is 4.75. The van der Waals surface area contributed by atoms with Crippen molar-refractivity contribution in [3.63, 3.8) is 0 Å². The summed E-state index contributed by atoms with van der Waals surface area (Å²) in [5, 5.41) is 0.637. The van der Waals surface area contributed by atoms with Crippen molar-refractivity contribution in [3.05, 3.63) is 52.6 Å². The van der Waals surface area contributed by atoms with E-state index in [0.29, 0.717) is 35.1 Å². The predicted octanol–water partition coefficient (Wildman–Crippen LogP) is 2.65. The average molecular weight is 318 g/mol. The van der Waals surface area contributed by atoms with Gasteiger partial charge in [0.1, 0.15) is 18.2 Å². The lowest BCUT2D eigenvalue weighted by Crippen LogP contribution is -2.56. The zero-order valence-corrected chi connectivity index (χ0v) is 13.2. The van der Waals surface area contributed by atoms with E-state index < -0.39 is 0 Å². The highest BCUT2D eigenvalue weighted by Crippen LogP contribution is 2.23. The van der Waals surface area contributed by atoms with Crippen molar-refractivity contribution < 1.29 is 9.53 Å². The van der Waals surface area contributed by atoms with Crippen LogP contribution in [-0.4, -0.2) is 40.0 Å². The summed E-state index contributed by atoms with van der Waals surface area (Å²) < 4.78 is 5.80. The van der Waals surface area contributed by atoms with Crippen LogP contribution < -0.4 is 4.74 Å². The van der Waals surface area contributed by atoms with Crippen LogP contribution in [0, 0.1) is 13.8 Å².